The van der Waals surface area contributed by atoms with Gasteiger partial charge in [-0.15, -0.1) is 24.0 Å². The van der Waals surface area contributed by atoms with E-state index in [-0.39, 0.29) is 41.1 Å². The topological polar surface area (TPSA) is 79.6 Å². The molecule has 0 aliphatic heterocycles. The van der Waals surface area contributed by atoms with E-state index in [1.807, 2.05) is 6.92 Å². The van der Waals surface area contributed by atoms with Gasteiger partial charge in [-0.25, -0.2) is 4.99 Å². The van der Waals surface area contributed by atoms with E-state index in [0.29, 0.717) is 17.6 Å². The smallest absolute Gasteiger partial charge is 0.274 e. The summed E-state index contributed by atoms with van der Waals surface area (Å²) in [4.78, 5) is 15.1. The molecule has 0 radical (unpaired) electrons. The zero-order chi connectivity index (χ0) is 15.1. The summed E-state index contributed by atoms with van der Waals surface area (Å²) in [6, 6.07) is 7.06. The third-order valence-electron chi connectivity index (χ3n) is 3.29. The van der Waals surface area contributed by atoms with Crippen molar-refractivity contribution in [3.63, 3.8) is 0 Å². The molecule has 0 saturated heterocycles. The third kappa shape index (κ3) is 5.28. The lowest BCUT2D eigenvalue weighted by Gasteiger charge is -2.16. The van der Waals surface area contributed by atoms with Crippen molar-refractivity contribution in [2.75, 3.05) is 6.54 Å². The van der Waals surface area contributed by atoms with Crippen molar-refractivity contribution in [1.29, 1.82) is 0 Å². The van der Waals surface area contributed by atoms with Crippen molar-refractivity contribution >= 4 is 35.6 Å². The largest absolute Gasteiger partial charge is 0.357 e. The molecule has 2 N–H and O–H groups in total. The maximum atomic E-state index is 11.0. The normalized spacial score (nSPS) is 14.5. The van der Waals surface area contributed by atoms with Crippen LogP contribution in [0.4, 0.5) is 5.69 Å². The highest BCUT2D eigenvalue weighted by atomic mass is 127. The molecule has 120 valence electrons. The van der Waals surface area contributed by atoms with Gasteiger partial charge in [-0.3, -0.25) is 10.1 Å². The highest BCUT2D eigenvalue weighted by Crippen LogP contribution is 2.18. The van der Waals surface area contributed by atoms with Crippen LogP contribution in [0.2, 0.25) is 0 Å². The molecule has 6 nitrogen and oxygen atoms in total. The van der Waals surface area contributed by atoms with Gasteiger partial charge < -0.3 is 10.6 Å². The molecule has 0 bridgehead atoms. The van der Waals surface area contributed by atoms with Gasteiger partial charge in [0, 0.05) is 18.7 Å². The maximum absolute atomic E-state index is 11.0. The van der Waals surface area contributed by atoms with Crippen LogP contribution in [-0.2, 0) is 6.54 Å². The molecule has 0 saturated carbocycles. The van der Waals surface area contributed by atoms with Crippen LogP contribution in [0.15, 0.2) is 41.4 Å². The van der Waals surface area contributed by atoms with Gasteiger partial charge in [0.2, 0.25) is 0 Å². The van der Waals surface area contributed by atoms with E-state index in [4.69, 9.17) is 0 Å². The van der Waals surface area contributed by atoms with Crippen LogP contribution in [0.3, 0.4) is 0 Å². The Labute approximate surface area is 147 Å². The summed E-state index contributed by atoms with van der Waals surface area (Å²) >= 11 is 0. The Morgan fingerprint density at radius 3 is 2.68 bits per heavy atom. The number of nitro benzene ring substituents is 1. The summed E-state index contributed by atoms with van der Waals surface area (Å²) in [6.45, 7) is 3.03. The predicted molar refractivity (Wildman–Crippen MR) is 98.6 cm³/mol. The van der Waals surface area contributed by atoms with Gasteiger partial charge in [0.15, 0.2) is 5.96 Å². The number of hydrogen-bond acceptors (Lipinski definition) is 3. The average molecular weight is 416 g/mol. The van der Waals surface area contributed by atoms with Crippen molar-refractivity contribution < 1.29 is 4.92 Å². The van der Waals surface area contributed by atoms with Crippen LogP contribution in [0.1, 0.15) is 25.3 Å². The monoisotopic (exact) mass is 416 g/mol. The van der Waals surface area contributed by atoms with Crippen molar-refractivity contribution in [3.05, 3.63) is 52.1 Å². The molecular weight excluding hydrogens is 395 g/mol. The van der Waals surface area contributed by atoms with Gasteiger partial charge in [-0.05, 0) is 19.8 Å². The molecule has 1 aromatic carbocycles. The lowest BCUT2D eigenvalue weighted by Crippen LogP contribution is -2.42. The first-order chi connectivity index (χ1) is 10.2. The number of hydrogen-bond donors (Lipinski definition) is 2. The number of para-hydroxylation sites is 1. The van der Waals surface area contributed by atoms with Gasteiger partial charge in [0.25, 0.3) is 5.69 Å². The second-order valence-corrected chi connectivity index (χ2v) is 4.87. The standard InChI is InChI=1S/C15H20N4O2.HI/c1-2-16-15(18-13-8-4-5-9-13)17-11-12-7-3-6-10-14(12)19(20)21;/h3-7,10,13H,2,8-9,11H2,1H3,(H2,16,17,18);1H. The molecular formula is C15H21IN4O2. The minimum Gasteiger partial charge on any atom is -0.357 e. The summed E-state index contributed by atoms with van der Waals surface area (Å²) in [6.07, 6.45) is 6.25. The minimum absolute atomic E-state index is 0. The van der Waals surface area contributed by atoms with E-state index in [1.165, 1.54) is 6.07 Å². The second-order valence-electron chi connectivity index (χ2n) is 4.87. The molecule has 0 amide bonds. The fourth-order valence-electron chi connectivity index (χ4n) is 2.24. The van der Waals surface area contributed by atoms with Crippen LogP contribution >= 0.6 is 24.0 Å². The highest BCUT2D eigenvalue weighted by Gasteiger charge is 2.14. The molecule has 2 rings (SSSR count). The van der Waals surface area contributed by atoms with Crippen molar-refractivity contribution in [2.45, 2.75) is 32.4 Å². The van der Waals surface area contributed by atoms with Gasteiger partial charge in [-0.1, -0.05) is 30.4 Å². The first-order valence-corrected chi connectivity index (χ1v) is 7.13. The van der Waals surface area contributed by atoms with E-state index in [2.05, 4.69) is 27.8 Å². The summed E-state index contributed by atoms with van der Waals surface area (Å²) in [7, 11) is 0. The Hall–Kier alpha value is -1.64. The third-order valence-corrected chi connectivity index (χ3v) is 3.29. The first kappa shape index (κ1) is 18.4. The van der Waals surface area contributed by atoms with Gasteiger partial charge >= 0.3 is 0 Å². The molecule has 7 heteroatoms. The van der Waals surface area contributed by atoms with Gasteiger partial charge in [0.1, 0.15) is 0 Å². The van der Waals surface area contributed by atoms with E-state index >= 15 is 0 Å². The molecule has 1 aliphatic rings. The molecule has 0 unspecified atom stereocenters. The minimum atomic E-state index is -0.369. The Morgan fingerprint density at radius 2 is 2.05 bits per heavy atom. The average Bonchev–Trinajstić information content (AvgIpc) is 2.98. The number of guanidine groups is 1. The van der Waals surface area contributed by atoms with Crippen molar-refractivity contribution in [3.8, 4) is 0 Å². The summed E-state index contributed by atoms with van der Waals surface area (Å²) in [5, 5.41) is 17.5. The van der Waals surface area contributed by atoms with Crippen LogP contribution in [-0.4, -0.2) is 23.5 Å². The fourth-order valence-corrected chi connectivity index (χ4v) is 2.24. The Morgan fingerprint density at radius 1 is 1.36 bits per heavy atom. The lowest BCUT2D eigenvalue weighted by atomic mass is 10.2. The summed E-state index contributed by atoms with van der Waals surface area (Å²) in [5.74, 6) is 0.698. The lowest BCUT2D eigenvalue weighted by molar-refractivity contribution is -0.385. The number of nitro groups is 1. The molecule has 0 spiro atoms. The molecule has 0 heterocycles. The SMILES string of the molecule is CCNC(=NCc1ccccc1[N+](=O)[O-])NC1CC=CC1.I. The van der Waals surface area contributed by atoms with E-state index in [0.717, 1.165) is 19.4 Å². The maximum Gasteiger partial charge on any atom is 0.274 e. The van der Waals surface area contributed by atoms with Crippen molar-refractivity contribution in [1.82, 2.24) is 10.6 Å². The van der Waals surface area contributed by atoms with Crippen LogP contribution < -0.4 is 10.6 Å². The van der Waals surface area contributed by atoms with E-state index in [9.17, 15) is 10.1 Å². The summed E-state index contributed by atoms with van der Waals surface area (Å²) in [5.41, 5.74) is 0.726. The number of nitrogens with one attached hydrogen (secondary N) is 2. The molecule has 0 fully saturated rings. The summed E-state index contributed by atoms with van der Waals surface area (Å²) < 4.78 is 0. The number of aliphatic imine (C=N–C) groups is 1. The quantitative estimate of drug-likeness (QED) is 0.193. The van der Waals surface area contributed by atoms with Crippen LogP contribution in [0, 0.1) is 10.1 Å². The number of benzene rings is 1. The fraction of sp³-hybridized carbons (Fsp3) is 0.400. The highest BCUT2D eigenvalue weighted by molar-refractivity contribution is 14.0. The first-order valence-electron chi connectivity index (χ1n) is 7.13. The van der Waals surface area contributed by atoms with Gasteiger partial charge in [0.05, 0.1) is 17.0 Å². The Kier molecular flexibility index (Phi) is 7.86. The van der Waals surface area contributed by atoms with E-state index in [1.54, 1.807) is 18.2 Å². The Bertz CT molecular complexity index is 552. The zero-order valence-corrected chi connectivity index (χ0v) is 14.8. The predicted octanol–water partition coefficient (Wildman–Crippen LogP) is 2.99. The number of halogens is 1. The molecule has 0 atom stereocenters. The van der Waals surface area contributed by atoms with Gasteiger partial charge in [-0.2, -0.15) is 0 Å². The van der Waals surface area contributed by atoms with E-state index < -0.39 is 0 Å². The molecule has 0 aromatic heterocycles. The number of nitrogens with zero attached hydrogens (tertiary/aromatic N) is 2. The number of rotatable bonds is 5. The molecule has 1 aromatic rings. The Balaban J connectivity index is 0.00000242. The second kappa shape index (κ2) is 9.39. The van der Waals surface area contributed by atoms with Crippen LogP contribution in [0.5, 0.6) is 0 Å². The van der Waals surface area contributed by atoms with Crippen molar-refractivity contribution in [2.24, 2.45) is 4.99 Å². The zero-order valence-electron chi connectivity index (χ0n) is 12.5. The van der Waals surface area contributed by atoms with Crippen LogP contribution in [0.25, 0.3) is 0 Å². The molecule has 22 heavy (non-hydrogen) atoms. The molecule has 1 aliphatic carbocycles.